The first-order valence-corrected chi connectivity index (χ1v) is 8.09. The molecule has 1 N–H and O–H groups in total. The van der Waals surface area contributed by atoms with Crippen molar-refractivity contribution in [2.24, 2.45) is 5.92 Å². The summed E-state index contributed by atoms with van der Waals surface area (Å²) in [4.78, 5) is 12.3. The second-order valence-electron chi connectivity index (χ2n) is 5.47. The summed E-state index contributed by atoms with van der Waals surface area (Å²) in [5, 5.41) is 8.43. The second-order valence-corrected chi connectivity index (χ2v) is 6.32. The molecule has 2 atom stereocenters. The van der Waals surface area contributed by atoms with Crippen molar-refractivity contribution in [3.05, 3.63) is 51.8 Å². The Bertz CT molecular complexity index is 681. The van der Waals surface area contributed by atoms with Gasteiger partial charge in [0, 0.05) is 17.5 Å². The van der Waals surface area contributed by atoms with Crippen LogP contribution in [0.25, 0.3) is 0 Å². The van der Waals surface area contributed by atoms with Crippen molar-refractivity contribution in [1.82, 2.24) is 15.1 Å². The van der Waals surface area contributed by atoms with Crippen molar-refractivity contribution in [2.45, 2.75) is 32.4 Å². The SMILES string of the molecule is CCn1ncc(Cl)c1CNC(=O)C1CC1c1ccc(Cl)cc1. The number of hydrogen-bond donors (Lipinski definition) is 1. The standard InChI is InChI=1S/C16H17Cl2N3O/c1-2-21-15(14(18)8-20-21)9-19-16(22)13-7-12(13)10-3-5-11(17)6-4-10/h3-6,8,12-13H,2,7,9H2,1H3,(H,19,22). The molecule has 116 valence electrons. The Balaban J connectivity index is 1.58. The van der Waals surface area contributed by atoms with Crippen molar-refractivity contribution < 1.29 is 4.79 Å². The van der Waals surface area contributed by atoms with Gasteiger partial charge in [0.05, 0.1) is 23.5 Å². The zero-order valence-electron chi connectivity index (χ0n) is 12.2. The number of nitrogens with zero attached hydrogens (tertiary/aromatic N) is 2. The molecule has 1 aliphatic carbocycles. The van der Waals surface area contributed by atoms with E-state index in [2.05, 4.69) is 10.4 Å². The van der Waals surface area contributed by atoms with Crippen LogP contribution in [-0.2, 0) is 17.9 Å². The molecule has 2 aromatic rings. The lowest BCUT2D eigenvalue weighted by molar-refractivity contribution is -0.122. The van der Waals surface area contributed by atoms with E-state index >= 15 is 0 Å². The molecule has 1 aromatic carbocycles. The van der Waals surface area contributed by atoms with E-state index in [-0.39, 0.29) is 11.8 Å². The van der Waals surface area contributed by atoms with Gasteiger partial charge in [0.15, 0.2) is 0 Å². The first-order chi connectivity index (χ1) is 10.6. The molecule has 4 nitrogen and oxygen atoms in total. The summed E-state index contributed by atoms with van der Waals surface area (Å²) in [5.41, 5.74) is 2.02. The zero-order chi connectivity index (χ0) is 15.7. The van der Waals surface area contributed by atoms with Gasteiger partial charge in [0.25, 0.3) is 0 Å². The summed E-state index contributed by atoms with van der Waals surface area (Å²) in [5.74, 6) is 0.404. The number of halogens is 2. The van der Waals surface area contributed by atoms with Crippen LogP contribution in [0.5, 0.6) is 0 Å². The predicted molar refractivity (Wildman–Crippen MR) is 87.1 cm³/mol. The fraction of sp³-hybridized carbons (Fsp3) is 0.375. The van der Waals surface area contributed by atoms with Crippen molar-refractivity contribution in [1.29, 1.82) is 0 Å². The molecule has 1 fully saturated rings. The van der Waals surface area contributed by atoms with Crippen molar-refractivity contribution in [3.8, 4) is 0 Å². The average molecular weight is 338 g/mol. The molecule has 3 rings (SSSR count). The van der Waals surface area contributed by atoms with E-state index in [1.165, 1.54) is 5.56 Å². The molecule has 0 aliphatic heterocycles. The number of aromatic nitrogens is 2. The molecule has 1 heterocycles. The third kappa shape index (κ3) is 3.13. The molecule has 1 aromatic heterocycles. The summed E-state index contributed by atoms with van der Waals surface area (Å²) in [6.45, 7) is 3.14. The zero-order valence-corrected chi connectivity index (χ0v) is 13.7. The Hall–Kier alpha value is -1.52. The van der Waals surface area contributed by atoms with Gasteiger partial charge >= 0.3 is 0 Å². The molecular formula is C16H17Cl2N3O. The molecule has 1 amide bonds. The first-order valence-electron chi connectivity index (χ1n) is 7.33. The van der Waals surface area contributed by atoms with E-state index in [0.717, 1.165) is 18.7 Å². The fourth-order valence-electron chi connectivity index (χ4n) is 2.70. The van der Waals surface area contributed by atoms with Gasteiger partial charge in [-0.1, -0.05) is 35.3 Å². The predicted octanol–water partition coefficient (Wildman–Crippen LogP) is 3.63. The van der Waals surface area contributed by atoms with Crippen LogP contribution in [0.4, 0.5) is 0 Å². The Labute approximate surface area is 139 Å². The Morgan fingerprint density at radius 3 is 2.77 bits per heavy atom. The molecule has 0 saturated heterocycles. The lowest BCUT2D eigenvalue weighted by atomic mass is 10.1. The minimum absolute atomic E-state index is 0.0398. The average Bonchev–Trinajstić information content (AvgIpc) is 3.23. The lowest BCUT2D eigenvalue weighted by Gasteiger charge is -2.08. The maximum atomic E-state index is 12.3. The number of carbonyl (C=O) groups excluding carboxylic acids is 1. The monoisotopic (exact) mass is 337 g/mol. The topological polar surface area (TPSA) is 46.9 Å². The van der Waals surface area contributed by atoms with Gasteiger partial charge in [0.2, 0.25) is 5.91 Å². The van der Waals surface area contributed by atoms with Crippen LogP contribution in [0.3, 0.4) is 0 Å². The minimum atomic E-state index is 0.0398. The molecule has 1 saturated carbocycles. The Morgan fingerprint density at radius 1 is 1.36 bits per heavy atom. The van der Waals surface area contributed by atoms with E-state index in [4.69, 9.17) is 23.2 Å². The van der Waals surface area contributed by atoms with Crippen LogP contribution in [0.1, 0.15) is 30.5 Å². The van der Waals surface area contributed by atoms with E-state index in [1.807, 2.05) is 31.2 Å². The van der Waals surface area contributed by atoms with Gasteiger partial charge in [-0.25, -0.2) is 0 Å². The minimum Gasteiger partial charge on any atom is -0.350 e. The maximum absolute atomic E-state index is 12.3. The number of aryl methyl sites for hydroxylation is 1. The van der Waals surface area contributed by atoms with Crippen LogP contribution >= 0.6 is 23.2 Å². The van der Waals surface area contributed by atoms with Crippen LogP contribution < -0.4 is 5.32 Å². The Kier molecular flexibility index (Phi) is 4.41. The number of benzene rings is 1. The van der Waals surface area contributed by atoms with Gasteiger partial charge in [0.1, 0.15) is 0 Å². The third-order valence-corrected chi connectivity index (χ3v) is 4.62. The highest BCUT2D eigenvalue weighted by molar-refractivity contribution is 6.31. The number of hydrogen-bond acceptors (Lipinski definition) is 2. The lowest BCUT2D eigenvalue weighted by Crippen LogP contribution is -2.26. The highest BCUT2D eigenvalue weighted by Gasteiger charge is 2.43. The molecule has 0 spiro atoms. The summed E-state index contributed by atoms with van der Waals surface area (Å²) in [6, 6.07) is 7.71. The highest BCUT2D eigenvalue weighted by atomic mass is 35.5. The van der Waals surface area contributed by atoms with Crippen LogP contribution in [0.15, 0.2) is 30.5 Å². The molecule has 1 aliphatic rings. The highest BCUT2D eigenvalue weighted by Crippen LogP contribution is 2.47. The summed E-state index contributed by atoms with van der Waals surface area (Å²) >= 11 is 12.0. The molecule has 22 heavy (non-hydrogen) atoms. The summed E-state index contributed by atoms with van der Waals surface area (Å²) in [7, 11) is 0. The van der Waals surface area contributed by atoms with Gasteiger partial charge in [-0.2, -0.15) is 5.10 Å². The van der Waals surface area contributed by atoms with Crippen LogP contribution in [0.2, 0.25) is 10.0 Å². The number of carbonyl (C=O) groups is 1. The third-order valence-electron chi connectivity index (χ3n) is 4.05. The van der Waals surface area contributed by atoms with Gasteiger partial charge in [-0.3, -0.25) is 9.48 Å². The van der Waals surface area contributed by atoms with Crippen LogP contribution in [-0.4, -0.2) is 15.7 Å². The number of rotatable bonds is 5. The van der Waals surface area contributed by atoms with E-state index in [9.17, 15) is 4.79 Å². The summed E-state index contributed by atoms with van der Waals surface area (Å²) in [6.07, 6.45) is 2.49. The smallest absolute Gasteiger partial charge is 0.224 e. The van der Waals surface area contributed by atoms with E-state index in [0.29, 0.717) is 22.5 Å². The summed E-state index contributed by atoms with van der Waals surface area (Å²) < 4.78 is 1.80. The van der Waals surface area contributed by atoms with Gasteiger partial charge in [-0.15, -0.1) is 0 Å². The second kappa shape index (κ2) is 6.31. The molecule has 6 heteroatoms. The fourth-order valence-corrected chi connectivity index (χ4v) is 3.04. The van der Waals surface area contributed by atoms with E-state index < -0.39 is 0 Å². The quantitative estimate of drug-likeness (QED) is 0.905. The van der Waals surface area contributed by atoms with Crippen molar-refractivity contribution >= 4 is 29.1 Å². The first kappa shape index (κ1) is 15.4. The maximum Gasteiger partial charge on any atom is 0.224 e. The Morgan fingerprint density at radius 2 is 2.09 bits per heavy atom. The van der Waals surface area contributed by atoms with Gasteiger partial charge in [-0.05, 0) is 37.0 Å². The van der Waals surface area contributed by atoms with E-state index in [1.54, 1.807) is 10.9 Å². The molecule has 0 bridgehead atoms. The molecular weight excluding hydrogens is 321 g/mol. The van der Waals surface area contributed by atoms with Crippen molar-refractivity contribution in [2.75, 3.05) is 0 Å². The molecule has 2 unspecified atom stereocenters. The number of nitrogens with one attached hydrogen (secondary N) is 1. The van der Waals surface area contributed by atoms with Crippen molar-refractivity contribution in [3.63, 3.8) is 0 Å². The van der Waals surface area contributed by atoms with Gasteiger partial charge < -0.3 is 5.32 Å². The van der Waals surface area contributed by atoms with Crippen LogP contribution in [0, 0.1) is 5.92 Å². The molecule has 0 radical (unpaired) electrons. The number of amides is 1. The normalized spacial score (nSPS) is 20.0. The largest absolute Gasteiger partial charge is 0.350 e.